The van der Waals surface area contributed by atoms with Crippen molar-refractivity contribution < 1.29 is 9.59 Å². The highest BCUT2D eigenvalue weighted by Gasteiger charge is 2.22. The molecule has 0 bridgehead atoms. The monoisotopic (exact) mass is 358 g/mol. The van der Waals surface area contributed by atoms with Crippen molar-refractivity contribution in [3.05, 3.63) is 35.2 Å². The fourth-order valence-electron chi connectivity index (χ4n) is 3.46. The summed E-state index contributed by atoms with van der Waals surface area (Å²) in [6, 6.07) is 7.96. The van der Waals surface area contributed by atoms with Gasteiger partial charge in [0.2, 0.25) is 5.91 Å². The smallest absolute Gasteiger partial charge is 0.251 e. The highest BCUT2D eigenvalue weighted by Crippen LogP contribution is 2.28. The SMILES string of the molecule is CCC(=O)NCC1CCC(CNC(=O)c2ccc3ccsc3c2)CC1. The molecule has 1 heterocycles. The lowest BCUT2D eigenvalue weighted by molar-refractivity contribution is -0.121. The van der Waals surface area contributed by atoms with E-state index in [1.165, 1.54) is 5.39 Å². The van der Waals surface area contributed by atoms with Crippen LogP contribution in [0.25, 0.3) is 10.1 Å². The van der Waals surface area contributed by atoms with Crippen molar-refractivity contribution in [2.45, 2.75) is 39.0 Å². The molecule has 1 aromatic carbocycles. The number of thiophene rings is 1. The Hall–Kier alpha value is -1.88. The fraction of sp³-hybridized carbons (Fsp3) is 0.500. The minimum atomic E-state index is 0.0210. The van der Waals surface area contributed by atoms with Crippen LogP contribution in [-0.4, -0.2) is 24.9 Å². The summed E-state index contributed by atoms with van der Waals surface area (Å²) in [5, 5.41) is 9.33. The Morgan fingerprint density at radius 2 is 1.72 bits per heavy atom. The molecular weight excluding hydrogens is 332 g/mol. The van der Waals surface area contributed by atoms with E-state index in [0.717, 1.165) is 49.0 Å². The summed E-state index contributed by atoms with van der Waals surface area (Å²) in [7, 11) is 0. The third-order valence-corrected chi connectivity index (χ3v) is 6.02. The van der Waals surface area contributed by atoms with Gasteiger partial charge in [-0.2, -0.15) is 0 Å². The Balaban J connectivity index is 1.42. The number of hydrogen-bond donors (Lipinski definition) is 2. The van der Waals surface area contributed by atoms with Crippen molar-refractivity contribution in [1.82, 2.24) is 10.6 Å². The lowest BCUT2D eigenvalue weighted by Gasteiger charge is -2.28. The number of fused-ring (bicyclic) bond motifs is 1. The average Bonchev–Trinajstić information content (AvgIpc) is 3.12. The molecule has 5 heteroatoms. The molecule has 4 nitrogen and oxygen atoms in total. The highest BCUT2D eigenvalue weighted by molar-refractivity contribution is 7.17. The second kappa shape index (κ2) is 8.48. The first-order chi connectivity index (χ1) is 12.2. The number of rotatable bonds is 6. The molecule has 1 aliphatic rings. The van der Waals surface area contributed by atoms with Gasteiger partial charge in [-0.1, -0.05) is 13.0 Å². The second-order valence-electron chi connectivity index (χ2n) is 6.93. The van der Waals surface area contributed by atoms with Crippen LogP contribution in [-0.2, 0) is 4.79 Å². The molecule has 1 fully saturated rings. The summed E-state index contributed by atoms with van der Waals surface area (Å²) in [6.07, 6.45) is 5.06. The van der Waals surface area contributed by atoms with Crippen LogP contribution in [0, 0.1) is 11.8 Å². The molecular formula is C20H26N2O2S. The lowest BCUT2D eigenvalue weighted by Crippen LogP contribution is -2.34. The van der Waals surface area contributed by atoms with Crippen LogP contribution in [0.3, 0.4) is 0 Å². The second-order valence-corrected chi connectivity index (χ2v) is 7.88. The summed E-state index contributed by atoms with van der Waals surface area (Å²) in [4.78, 5) is 23.7. The number of amides is 2. The van der Waals surface area contributed by atoms with E-state index in [2.05, 4.69) is 16.7 Å². The highest BCUT2D eigenvalue weighted by atomic mass is 32.1. The van der Waals surface area contributed by atoms with Crippen molar-refractivity contribution in [2.24, 2.45) is 11.8 Å². The largest absolute Gasteiger partial charge is 0.356 e. The zero-order valence-electron chi connectivity index (χ0n) is 14.7. The Labute approximate surface area is 153 Å². The first kappa shape index (κ1) is 17.9. The van der Waals surface area contributed by atoms with Crippen LogP contribution >= 0.6 is 11.3 Å². The van der Waals surface area contributed by atoms with Gasteiger partial charge in [0.25, 0.3) is 5.91 Å². The standard InChI is InChI=1S/C20H26N2O2S/c1-2-19(23)21-12-14-3-5-15(6-4-14)13-22-20(24)17-8-7-16-9-10-25-18(16)11-17/h7-11,14-15H,2-6,12-13H2,1H3,(H,21,23)(H,22,24). The molecule has 2 amide bonds. The molecule has 0 unspecified atom stereocenters. The fourth-order valence-corrected chi connectivity index (χ4v) is 4.29. The molecule has 0 radical (unpaired) electrons. The summed E-state index contributed by atoms with van der Waals surface area (Å²) in [5.74, 6) is 1.29. The van der Waals surface area contributed by atoms with E-state index in [-0.39, 0.29) is 11.8 Å². The maximum atomic E-state index is 12.4. The summed E-state index contributed by atoms with van der Waals surface area (Å²) >= 11 is 1.66. The van der Waals surface area contributed by atoms with Crippen molar-refractivity contribution in [3.63, 3.8) is 0 Å². The minimum Gasteiger partial charge on any atom is -0.356 e. The summed E-state index contributed by atoms with van der Waals surface area (Å²) in [5.41, 5.74) is 0.742. The van der Waals surface area contributed by atoms with Gasteiger partial charge < -0.3 is 10.6 Å². The quantitative estimate of drug-likeness (QED) is 0.821. The van der Waals surface area contributed by atoms with E-state index >= 15 is 0 Å². The third-order valence-electron chi connectivity index (χ3n) is 5.15. The molecule has 1 saturated carbocycles. The number of carbonyl (C=O) groups is 2. The Bertz CT molecular complexity index is 732. The normalized spacial score (nSPS) is 20.4. The maximum Gasteiger partial charge on any atom is 0.251 e. The van der Waals surface area contributed by atoms with Gasteiger partial charge in [-0.05, 0) is 66.5 Å². The van der Waals surface area contributed by atoms with Crippen LogP contribution in [0.5, 0.6) is 0 Å². The van der Waals surface area contributed by atoms with Gasteiger partial charge in [-0.15, -0.1) is 11.3 Å². The zero-order valence-corrected chi connectivity index (χ0v) is 15.5. The molecule has 0 saturated heterocycles. The predicted octanol–water partition coefficient (Wildman–Crippen LogP) is 3.96. The molecule has 2 N–H and O–H groups in total. The van der Waals surface area contributed by atoms with E-state index in [4.69, 9.17) is 0 Å². The molecule has 0 spiro atoms. The van der Waals surface area contributed by atoms with Crippen molar-refractivity contribution >= 4 is 33.2 Å². The Morgan fingerprint density at radius 1 is 1.04 bits per heavy atom. The number of carbonyl (C=O) groups excluding carboxylic acids is 2. The van der Waals surface area contributed by atoms with Crippen LogP contribution in [0.4, 0.5) is 0 Å². The van der Waals surface area contributed by atoms with Crippen LogP contribution < -0.4 is 10.6 Å². The zero-order chi connectivity index (χ0) is 17.6. The number of nitrogens with one attached hydrogen (secondary N) is 2. The van der Waals surface area contributed by atoms with E-state index in [9.17, 15) is 9.59 Å². The third kappa shape index (κ3) is 4.82. The van der Waals surface area contributed by atoms with Gasteiger partial charge in [0.15, 0.2) is 0 Å². The molecule has 134 valence electrons. The molecule has 0 aliphatic heterocycles. The van der Waals surface area contributed by atoms with Crippen molar-refractivity contribution in [3.8, 4) is 0 Å². The summed E-state index contributed by atoms with van der Waals surface area (Å²) < 4.78 is 1.15. The average molecular weight is 359 g/mol. The maximum absolute atomic E-state index is 12.4. The van der Waals surface area contributed by atoms with Crippen LogP contribution in [0.15, 0.2) is 29.6 Å². The van der Waals surface area contributed by atoms with Gasteiger partial charge in [0.05, 0.1) is 0 Å². The molecule has 1 aliphatic carbocycles. The molecule has 3 rings (SSSR count). The molecule has 0 atom stereocenters. The van der Waals surface area contributed by atoms with Crippen molar-refractivity contribution in [2.75, 3.05) is 13.1 Å². The van der Waals surface area contributed by atoms with Gasteiger partial charge >= 0.3 is 0 Å². The molecule has 2 aromatic rings. The topological polar surface area (TPSA) is 58.2 Å². The summed E-state index contributed by atoms with van der Waals surface area (Å²) in [6.45, 7) is 3.42. The van der Waals surface area contributed by atoms with E-state index in [1.54, 1.807) is 11.3 Å². The van der Waals surface area contributed by atoms with E-state index in [1.807, 2.05) is 30.5 Å². The van der Waals surface area contributed by atoms with Crippen LogP contribution in [0.1, 0.15) is 49.4 Å². The van der Waals surface area contributed by atoms with Gasteiger partial charge in [0.1, 0.15) is 0 Å². The number of hydrogen-bond acceptors (Lipinski definition) is 3. The Morgan fingerprint density at radius 3 is 2.40 bits per heavy atom. The Kier molecular flexibility index (Phi) is 6.08. The van der Waals surface area contributed by atoms with Gasteiger partial charge in [-0.3, -0.25) is 9.59 Å². The molecule has 25 heavy (non-hydrogen) atoms. The first-order valence-corrected chi connectivity index (χ1v) is 10.1. The predicted molar refractivity (Wildman–Crippen MR) is 103 cm³/mol. The minimum absolute atomic E-state index is 0.0210. The van der Waals surface area contributed by atoms with E-state index < -0.39 is 0 Å². The van der Waals surface area contributed by atoms with E-state index in [0.29, 0.717) is 18.3 Å². The van der Waals surface area contributed by atoms with Gasteiger partial charge in [-0.25, -0.2) is 0 Å². The lowest BCUT2D eigenvalue weighted by atomic mass is 9.82. The molecule has 1 aromatic heterocycles. The van der Waals surface area contributed by atoms with Crippen molar-refractivity contribution in [1.29, 1.82) is 0 Å². The number of benzene rings is 1. The van der Waals surface area contributed by atoms with Gasteiger partial charge in [0, 0.05) is 29.8 Å². The van der Waals surface area contributed by atoms with Crippen LogP contribution in [0.2, 0.25) is 0 Å². The first-order valence-electron chi connectivity index (χ1n) is 9.18.